The molecule has 0 aliphatic carbocycles. The molecule has 1 aromatic heterocycles. The summed E-state index contributed by atoms with van der Waals surface area (Å²) in [5, 5.41) is 8.12. The van der Waals surface area contributed by atoms with Crippen LogP contribution in [0.1, 0.15) is 58.8 Å². The van der Waals surface area contributed by atoms with E-state index in [1.54, 1.807) is 0 Å². The third-order valence-corrected chi connectivity index (χ3v) is 5.83. The van der Waals surface area contributed by atoms with Crippen molar-refractivity contribution in [1.29, 1.82) is 0 Å². The Kier molecular flexibility index (Phi) is 9.40. The fourth-order valence-electron chi connectivity index (χ4n) is 4.12. The van der Waals surface area contributed by atoms with E-state index in [0.717, 1.165) is 57.2 Å². The van der Waals surface area contributed by atoms with Crippen molar-refractivity contribution in [1.82, 2.24) is 24.9 Å². The number of carbonyl (C=O) groups is 1. The molecule has 0 saturated carbocycles. The van der Waals surface area contributed by atoms with Crippen LogP contribution in [0.3, 0.4) is 0 Å². The predicted molar refractivity (Wildman–Crippen MR) is 130 cm³/mol. The highest BCUT2D eigenvalue weighted by Crippen LogP contribution is 2.20. The Labute approximate surface area is 194 Å². The predicted octanol–water partition coefficient (Wildman–Crippen LogP) is 3.68. The fourth-order valence-corrected chi connectivity index (χ4v) is 4.12. The second-order valence-corrected chi connectivity index (χ2v) is 10.1. The Morgan fingerprint density at radius 1 is 1.34 bits per heavy atom. The van der Waals surface area contributed by atoms with E-state index in [0.29, 0.717) is 18.4 Å². The molecule has 0 bridgehead atoms. The van der Waals surface area contributed by atoms with Crippen LogP contribution >= 0.6 is 0 Å². The first-order chi connectivity index (χ1) is 15.0. The van der Waals surface area contributed by atoms with Gasteiger partial charge in [0.15, 0.2) is 5.96 Å². The molecule has 8 nitrogen and oxygen atoms in total. The summed E-state index contributed by atoms with van der Waals surface area (Å²) in [7, 11) is 1.85. The van der Waals surface area contributed by atoms with Crippen LogP contribution in [-0.4, -0.2) is 77.0 Å². The smallest absolute Gasteiger partial charge is 0.410 e. The largest absolute Gasteiger partial charge is 0.444 e. The van der Waals surface area contributed by atoms with Gasteiger partial charge in [-0.2, -0.15) is 5.10 Å². The molecule has 1 aromatic rings. The number of aromatic nitrogens is 2. The van der Waals surface area contributed by atoms with Crippen LogP contribution in [0.5, 0.6) is 0 Å². The number of piperidine rings is 1. The van der Waals surface area contributed by atoms with Crippen LogP contribution in [0, 0.1) is 25.7 Å². The average Bonchev–Trinajstić information content (AvgIpc) is 3.02. The van der Waals surface area contributed by atoms with Crippen LogP contribution in [0.2, 0.25) is 0 Å². The molecule has 1 saturated heterocycles. The summed E-state index contributed by atoms with van der Waals surface area (Å²) < 4.78 is 7.64. The lowest BCUT2D eigenvalue weighted by Gasteiger charge is -2.36. The first-order valence-electron chi connectivity index (χ1n) is 12.0. The van der Waals surface area contributed by atoms with Gasteiger partial charge in [-0.25, -0.2) is 4.79 Å². The standard InChI is InChI=1S/C24H44N6O2/c1-9-28(23(31)32-24(5,6)7)17-21-10-12-29(13-11-21)22(25-8)26-15-18(2)16-30-20(4)14-19(3)27-30/h14,18,21H,9-13,15-17H2,1-8H3,(H,25,26). The van der Waals surface area contributed by atoms with E-state index in [2.05, 4.69) is 44.9 Å². The lowest BCUT2D eigenvalue weighted by Crippen LogP contribution is -2.48. The number of nitrogens with one attached hydrogen (secondary N) is 1. The van der Waals surface area contributed by atoms with Gasteiger partial charge >= 0.3 is 6.09 Å². The maximum atomic E-state index is 12.4. The summed E-state index contributed by atoms with van der Waals surface area (Å²) in [6.45, 7) is 19.2. The highest BCUT2D eigenvalue weighted by molar-refractivity contribution is 5.80. The van der Waals surface area contributed by atoms with E-state index in [4.69, 9.17) is 4.74 Å². The minimum atomic E-state index is -0.460. The van der Waals surface area contributed by atoms with Crippen molar-refractivity contribution in [3.05, 3.63) is 17.5 Å². The van der Waals surface area contributed by atoms with Crippen molar-refractivity contribution in [2.45, 2.75) is 73.5 Å². The zero-order valence-corrected chi connectivity index (χ0v) is 21.4. The quantitative estimate of drug-likeness (QED) is 0.509. The van der Waals surface area contributed by atoms with Gasteiger partial charge in [-0.05, 0) is 72.3 Å². The minimum Gasteiger partial charge on any atom is -0.444 e. The topological polar surface area (TPSA) is 75.0 Å². The molecule has 2 rings (SSSR count). The number of carbonyl (C=O) groups excluding carboxylic acids is 1. The first kappa shape index (κ1) is 26.0. The summed E-state index contributed by atoms with van der Waals surface area (Å²) in [5.41, 5.74) is 1.81. The molecule has 1 unspecified atom stereocenters. The third kappa shape index (κ3) is 8.02. The molecule has 1 aliphatic rings. The number of nitrogens with zero attached hydrogens (tertiary/aromatic N) is 5. The lowest BCUT2D eigenvalue weighted by atomic mass is 9.96. The van der Waals surface area contributed by atoms with Crippen molar-refractivity contribution in [2.75, 3.05) is 39.8 Å². The molecular formula is C24H44N6O2. The fraction of sp³-hybridized carbons (Fsp3) is 0.792. The van der Waals surface area contributed by atoms with E-state index in [9.17, 15) is 4.79 Å². The zero-order valence-electron chi connectivity index (χ0n) is 21.4. The number of aliphatic imine (C=N–C) groups is 1. The molecular weight excluding hydrogens is 404 g/mol. The maximum absolute atomic E-state index is 12.4. The average molecular weight is 449 g/mol. The lowest BCUT2D eigenvalue weighted by molar-refractivity contribution is 0.0214. The molecule has 0 radical (unpaired) electrons. The Morgan fingerprint density at radius 2 is 2.00 bits per heavy atom. The van der Waals surface area contributed by atoms with Gasteiger partial charge in [0.1, 0.15) is 5.60 Å². The number of ether oxygens (including phenoxy) is 1. The Morgan fingerprint density at radius 3 is 2.50 bits per heavy atom. The summed E-state index contributed by atoms with van der Waals surface area (Å²) in [4.78, 5) is 21.1. The van der Waals surface area contributed by atoms with Gasteiger partial charge in [-0.1, -0.05) is 6.92 Å². The van der Waals surface area contributed by atoms with Crippen LogP contribution in [0.15, 0.2) is 11.1 Å². The number of aryl methyl sites for hydroxylation is 2. The minimum absolute atomic E-state index is 0.212. The molecule has 182 valence electrons. The Bertz CT molecular complexity index is 759. The van der Waals surface area contributed by atoms with Crippen LogP contribution in [-0.2, 0) is 11.3 Å². The van der Waals surface area contributed by atoms with Crippen molar-refractivity contribution in [3.63, 3.8) is 0 Å². The molecule has 32 heavy (non-hydrogen) atoms. The van der Waals surface area contributed by atoms with E-state index in [1.165, 1.54) is 5.69 Å². The molecule has 1 fully saturated rings. The van der Waals surface area contributed by atoms with Gasteiger partial charge in [0, 0.05) is 52.0 Å². The van der Waals surface area contributed by atoms with Gasteiger partial charge in [-0.3, -0.25) is 9.67 Å². The number of guanidine groups is 1. The van der Waals surface area contributed by atoms with Gasteiger partial charge in [0.25, 0.3) is 0 Å². The van der Waals surface area contributed by atoms with Crippen LogP contribution < -0.4 is 5.32 Å². The van der Waals surface area contributed by atoms with Gasteiger partial charge < -0.3 is 19.9 Å². The van der Waals surface area contributed by atoms with E-state index < -0.39 is 5.60 Å². The second kappa shape index (κ2) is 11.6. The number of likely N-dealkylation sites (tertiary alicyclic amines) is 1. The first-order valence-corrected chi connectivity index (χ1v) is 12.0. The summed E-state index contributed by atoms with van der Waals surface area (Å²) in [5.74, 6) is 1.89. The van der Waals surface area contributed by atoms with Crippen molar-refractivity contribution in [3.8, 4) is 0 Å². The molecule has 1 amide bonds. The highest BCUT2D eigenvalue weighted by atomic mass is 16.6. The van der Waals surface area contributed by atoms with Crippen molar-refractivity contribution >= 4 is 12.1 Å². The highest BCUT2D eigenvalue weighted by Gasteiger charge is 2.27. The molecule has 8 heteroatoms. The van der Waals surface area contributed by atoms with Crippen molar-refractivity contribution in [2.24, 2.45) is 16.8 Å². The molecule has 1 atom stereocenters. The van der Waals surface area contributed by atoms with Gasteiger partial charge in [-0.15, -0.1) is 0 Å². The van der Waals surface area contributed by atoms with Gasteiger partial charge in [0.2, 0.25) is 0 Å². The zero-order chi connectivity index (χ0) is 23.9. The number of hydrogen-bond acceptors (Lipinski definition) is 4. The third-order valence-electron chi connectivity index (χ3n) is 5.83. The van der Waals surface area contributed by atoms with Crippen LogP contribution in [0.4, 0.5) is 4.79 Å². The normalized spacial score (nSPS) is 16.8. The van der Waals surface area contributed by atoms with Crippen molar-refractivity contribution < 1.29 is 9.53 Å². The SMILES string of the molecule is CCN(CC1CCN(C(=NC)NCC(C)Cn2nc(C)cc2C)CC1)C(=O)OC(C)(C)C. The maximum Gasteiger partial charge on any atom is 0.410 e. The van der Waals surface area contributed by atoms with Crippen LogP contribution in [0.25, 0.3) is 0 Å². The summed E-state index contributed by atoms with van der Waals surface area (Å²) >= 11 is 0. The monoisotopic (exact) mass is 448 g/mol. The summed E-state index contributed by atoms with van der Waals surface area (Å²) in [6, 6.07) is 2.12. The summed E-state index contributed by atoms with van der Waals surface area (Å²) in [6.07, 6.45) is 1.87. The van der Waals surface area contributed by atoms with E-state index in [-0.39, 0.29) is 6.09 Å². The molecule has 2 heterocycles. The molecule has 0 spiro atoms. The number of hydrogen-bond donors (Lipinski definition) is 1. The van der Waals surface area contributed by atoms with E-state index in [1.807, 2.05) is 46.6 Å². The van der Waals surface area contributed by atoms with Gasteiger partial charge in [0.05, 0.1) is 5.69 Å². The molecule has 0 aromatic carbocycles. The second-order valence-electron chi connectivity index (χ2n) is 10.1. The Hall–Kier alpha value is -2.25. The van der Waals surface area contributed by atoms with E-state index >= 15 is 0 Å². The molecule has 1 aliphatic heterocycles. The number of amides is 1. The number of rotatable bonds is 7. The Balaban J connectivity index is 1.79. The molecule has 1 N–H and O–H groups in total.